The van der Waals surface area contributed by atoms with Crippen molar-refractivity contribution in [2.75, 3.05) is 26.2 Å². The molecule has 2 fully saturated rings. The molecule has 0 amide bonds. The summed E-state index contributed by atoms with van der Waals surface area (Å²) in [4.78, 5) is 2.56. The number of ether oxygens (including phenoxy) is 1. The smallest absolute Gasteiger partial charge is 0.0707 e. The number of rotatable bonds is 4. The summed E-state index contributed by atoms with van der Waals surface area (Å²) in [6, 6.07) is 0. The Morgan fingerprint density at radius 1 is 1.27 bits per heavy atom. The number of likely N-dealkylation sites (tertiary alicyclic amines) is 1. The van der Waals surface area contributed by atoms with Crippen molar-refractivity contribution in [3.63, 3.8) is 0 Å². The average Bonchev–Trinajstić information content (AvgIpc) is 2.54. The summed E-state index contributed by atoms with van der Waals surface area (Å²) in [5.74, 6) is 1.33. The average molecular weight is 212 g/mol. The summed E-state index contributed by atoms with van der Waals surface area (Å²) in [6.45, 7) is 8.76. The van der Waals surface area contributed by atoms with Crippen LogP contribution in [0.15, 0.2) is 0 Å². The lowest BCUT2D eigenvalue weighted by Gasteiger charge is -2.35. The first kappa shape index (κ1) is 11.4. The molecule has 15 heavy (non-hydrogen) atoms. The van der Waals surface area contributed by atoms with Crippen LogP contribution >= 0.6 is 0 Å². The van der Waals surface area contributed by atoms with Gasteiger partial charge in [0.15, 0.2) is 0 Å². The highest BCUT2D eigenvalue weighted by Crippen LogP contribution is 2.27. The lowest BCUT2D eigenvalue weighted by molar-refractivity contribution is -0.0439. The van der Waals surface area contributed by atoms with Crippen LogP contribution in [0.2, 0.25) is 0 Å². The van der Waals surface area contributed by atoms with Crippen LogP contribution in [0.3, 0.4) is 0 Å². The molecule has 2 saturated heterocycles. The highest BCUT2D eigenvalue weighted by atomic mass is 16.5. The fraction of sp³-hybridized carbons (Fsp3) is 1.00. The van der Waals surface area contributed by atoms with Crippen LogP contribution in [0.1, 0.15) is 26.7 Å². The number of hydrogen-bond donors (Lipinski definition) is 1. The van der Waals surface area contributed by atoms with E-state index in [1.54, 1.807) is 0 Å². The summed E-state index contributed by atoms with van der Waals surface area (Å²) in [5.41, 5.74) is 5.82. The molecule has 3 nitrogen and oxygen atoms in total. The molecular weight excluding hydrogens is 188 g/mol. The van der Waals surface area contributed by atoms with Crippen molar-refractivity contribution in [1.82, 2.24) is 4.90 Å². The second-order valence-electron chi connectivity index (χ2n) is 5.42. The Kier molecular flexibility index (Phi) is 3.65. The zero-order chi connectivity index (χ0) is 10.8. The first-order valence-corrected chi connectivity index (χ1v) is 6.27. The standard InChI is InChI=1S/C12H24N2O/c1-9(2)10(5-13)6-14-7-11-3-4-12(8-14)15-11/h9-12H,3-8,13H2,1-2H3. The van der Waals surface area contributed by atoms with E-state index in [-0.39, 0.29) is 0 Å². The van der Waals surface area contributed by atoms with Gasteiger partial charge < -0.3 is 10.5 Å². The van der Waals surface area contributed by atoms with E-state index in [0.717, 1.165) is 26.2 Å². The lowest BCUT2D eigenvalue weighted by Crippen LogP contribution is -2.46. The summed E-state index contributed by atoms with van der Waals surface area (Å²) in [5, 5.41) is 0. The van der Waals surface area contributed by atoms with E-state index in [0.29, 0.717) is 24.0 Å². The van der Waals surface area contributed by atoms with Gasteiger partial charge in [0, 0.05) is 19.6 Å². The lowest BCUT2D eigenvalue weighted by atomic mass is 9.95. The first-order chi connectivity index (χ1) is 7.19. The molecule has 2 aliphatic heterocycles. The van der Waals surface area contributed by atoms with Gasteiger partial charge in [0.1, 0.15) is 0 Å². The number of fused-ring (bicyclic) bond motifs is 2. The van der Waals surface area contributed by atoms with E-state index in [1.165, 1.54) is 12.8 Å². The second-order valence-corrected chi connectivity index (χ2v) is 5.42. The van der Waals surface area contributed by atoms with Crippen LogP contribution in [0.4, 0.5) is 0 Å². The fourth-order valence-corrected chi connectivity index (χ4v) is 2.74. The Balaban J connectivity index is 1.84. The zero-order valence-corrected chi connectivity index (χ0v) is 9.98. The van der Waals surface area contributed by atoms with Crippen LogP contribution in [-0.4, -0.2) is 43.3 Å². The molecule has 88 valence electrons. The number of hydrogen-bond acceptors (Lipinski definition) is 3. The predicted octanol–water partition coefficient (Wildman–Crippen LogP) is 1.08. The minimum atomic E-state index is 0.509. The quantitative estimate of drug-likeness (QED) is 0.758. The largest absolute Gasteiger partial charge is 0.372 e. The van der Waals surface area contributed by atoms with Crippen molar-refractivity contribution in [3.05, 3.63) is 0 Å². The molecule has 2 aliphatic rings. The molecule has 3 heteroatoms. The highest BCUT2D eigenvalue weighted by molar-refractivity contribution is 4.86. The minimum Gasteiger partial charge on any atom is -0.372 e. The van der Waals surface area contributed by atoms with Crippen molar-refractivity contribution < 1.29 is 4.74 Å². The molecular formula is C12H24N2O. The topological polar surface area (TPSA) is 38.5 Å². The van der Waals surface area contributed by atoms with Gasteiger partial charge in [-0.3, -0.25) is 4.90 Å². The van der Waals surface area contributed by atoms with E-state index in [4.69, 9.17) is 10.5 Å². The molecule has 0 spiro atoms. The summed E-state index contributed by atoms with van der Waals surface area (Å²) < 4.78 is 5.83. The van der Waals surface area contributed by atoms with Gasteiger partial charge in [-0.15, -0.1) is 0 Å². The maximum atomic E-state index is 5.83. The molecule has 2 rings (SSSR count). The molecule has 0 aromatic heterocycles. The Bertz CT molecular complexity index is 196. The third kappa shape index (κ3) is 2.71. The van der Waals surface area contributed by atoms with Crippen molar-refractivity contribution in [2.45, 2.75) is 38.9 Å². The molecule has 0 saturated carbocycles. The van der Waals surface area contributed by atoms with E-state index in [2.05, 4.69) is 18.7 Å². The minimum absolute atomic E-state index is 0.509. The van der Waals surface area contributed by atoms with Crippen LogP contribution in [0.25, 0.3) is 0 Å². The van der Waals surface area contributed by atoms with Crippen LogP contribution in [0.5, 0.6) is 0 Å². The summed E-state index contributed by atoms with van der Waals surface area (Å²) in [7, 11) is 0. The van der Waals surface area contributed by atoms with Crippen molar-refractivity contribution in [2.24, 2.45) is 17.6 Å². The van der Waals surface area contributed by atoms with E-state index in [9.17, 15) is 0 Å². The summed E-state index contributed by atoms with van der Waals surface area (Å²) in [6.07, 6.45) is 3.54. The molecule has 3 atom stereocenters. The third-order valence-electron chi connectivity index (χ3n) is 3.86. The van der Waals surface area contributed by atoms with Gasteiger partial charge in [-0.05, 0) is 31.2 Å². The van der Waals surface area contributed by atoms with Crippen LogP contribution in [0, 0.1) is 11.8 Å². The van der Waals surface area contributed by atoms with E-state index in [1.807, 2.05) is 0 Å². The van der Waals surface area contributed by atoms with Gasteiger partial charge in [0.25, 0.3) is 0 Å². The maximum absolute atomic E-state index is 5.83. The monoisotopic (exact) mass is 212 g/mol. The Morgan fingerprint density at radius 2 is 1.87 bits per heavy atom. The second kappa shape index (κ2) is 4.81. The van der Waals surface area contributed by atoms with Crippen LogP contribution < -0.4 is 5.73 Å². The van der Waals surface area contributed by atoms with Crippen molar-refractivity contribution >= 4 is 0 Å². The molecule has 2 N–H and O–H groups in total. The number of morpholine rings is 1. The zero-order valence-electron chi connectivity index (χ0n) is 9.98. The Labute approximate surface area is 93.0 Å². The highest BCUT2D eigenvalue weighted by Gasteiger charge is 2.34. The molecule has 0 aromatic rings. The third-order valence-corrected chi connectivity index (χ3v) is 3.86. The SMILES string of the molecule is CC(C)C(CN)CN1CC2CCC(C1)O2. The molecule has 0 aromatic carbocycles. The van der Waals surface area contributed by atoms with Gasteiger partial charge in [-0.1, -0.05) is 13.8 Å². The van der Waals surface area contributed by atoms with Crippen LogP contribution in [-0.2, 0) is 4.74 Å². The van der Waals surface area contributed by atoms with Gasteiger partial charge in [0.2, 0.25) is 0 Å². The number of nitrogens with two attached hydrogens (primary N) is 1. The van der Waals surface area contributed by atoms with Gasteiger partial charge >= 0.3 is 0 Å². The first-order valence-electron chi connectivity index (χ1n) is 6.27. The van der Waals surface area contributed by atoms with Gasteiger partial charge in [-0.25, -0.2) is 0 Å². The normalized spacial score (nSPS) is 33.6. The molecule has 3 unspecified atom stereocenters. The van der Waals surface area contributed by atoms with Crippen molar-refractivity contribution in [3.8, 4) is 0 Å². The molecule has 2 heterocycles. The van der Waals surface area contributed by atoms with E-state index >= 15 is 0 Å². The molecule has 2 bridgehead atoms. The van der Waals surface area contributed by atoms with Gasteiger partial charge in [-0.2, -0.15) is 0 Å². The molecule has 0 aliphatic carbocycles. The van der Waals surface area contributed by atoms with Crippen molar-refractivity contribution in [1.29, 1.82) is 0 Å². The Morgan fingerprint density at radius 3 is 2.33 bits per heavy atom. The Hall–Kier alpha value is -0.120. The predicted molar refractivity (Wildman–Crippen MR) is 61.7 cm³/mol. The molecule has 0 radical (unpaired) electrons. The maximum Gasteiger partial charge on any atom is 0.0707 e. The fourth-order valence-electron chi connectivity index (χ4n) is 2.74. The van der Waals surface area contributed by atoms with Gasteiger partial charge in [0.05, 0.1) is 12.2 Å². The summed E-state index contributed by atoms with van der Waals surface area (Å²) >= 11 is 0. The van der Waals surface area contributed by atoms with E-state index < -0.39 is 0 Å². The number of nitrogens with zero attached hydrogens (tertiary/aromatic N) is 1.